The number of para-hydroxylation sites is 1. The van der Waals surface area contributed by atoms with E-state index in [4.69, 9.17) is 0 Å². The van der Waals surface area contributed by atoms with Crippen LogP contribution in [0, 0.1) is 10.1 Å². The van der Waals surface area contributed by atoms with Gasteiger partial charge in [-0.15, -0.1) is 0 Å². The molecule has 0 aliphatic carbocycles. The van der Waals surface area contributed by atoms with Gasteiger partial charge in [0.05, 0.1) is 17.2 Å². The smallest absolute Gasteiger partial charge is 0.282 e. The number of nitro groups is 1. The highest BCUT2D eigenvalue weighted by atomic mass is 16.6. The van der Waals surface area contributed by atoms with Gasteiger partial charge in [-0.2, -0.15) is 0 Å². The number of carbonyl (C=O) groups is 1. The van der Waals surface area contributed by atoms with Crippen LogP contribution in [0.1, 0.15) is 28.9 Å². The molecule has 1 saturated heterocycles. The summed E-state index contributed by atoms with van der Waals surface area (Å²) in [5.41, 5.74) is 0.491. The van der Waals surface area contributed by atoms with Crippen molar-refractivity contribution in [3.05, 3.63) is 57.9 Å². The van der Waals surface area contributed by atoms with Crippen LogP contribution in [-0.4, -0.2) is 33.9 Å². The van der Waals surface area contributed by atoms with Gasteiger partial charge >= 0.3 is 0 Å². The zero-order valence-corrected chi connectivity index (χ0v) is 13.0. The first-order valence-corrected chi connectivity index (χ1v) is 7.73. The van der Waals surface area contributed by atoms with Gasteiger partial charge in [-0.1, -0.05) is 12.1 Å². The molecule has 1 fully saturated rings. The normalized spacial score (nSPS) is 13.8. The summed E-state index contributed by atoms with van der Waals surface area (Å²) in [6.45, 7) is 2.06. The third-order valence-electron chi connectivity index (χ3n) is 3.86. The first-order valence-electron chi connectivity index (χ1n) is 7.73. The molecule has 0 unspecified atom stereocenters. The first-order chi connectivity index (χ1) is 11.6. The summed E-state index contributed by atoms with van der Waals surface area (Å²) in [7, 11) is 0. The molecule has 2 heterocycles. The van der Waals surface area contributed by atoms with E-state index < -0.39 is 10.8 Å². The van der Waals surface area contributed by atoms with Crippen molar-refractivity contribution in [2.75, 3.05) is 18.0 Å². The molecular formula is C16H17N5O3. The standard InChI is InChI=1S/C16H17N5O3/c22-15(13-5-1-2-6-14(13)21(23)24)18-11-12-7-8-17-16(19-12)20-9-3-4-10-20/h1-2,5-8H,3-4,9-11H2,(H,18,22). The van der Waals surface area contributed by atoms with Crippen LogP contribution >= 0.6 is 0 Å². The Morgan fingerprint density at radius 1 is 1.25 bits per heavy atom. The van der Waals surface area contributed by atoms with Gasteiger partial charge in [-0.05, 0) is 25.0 Å². The molecule has 2 aromatic rings. The van der Waals surface area contributed by atoms with Crippen molar-refractivity contribution in [1.29, 1.82) is 0 Å². The number of anilines is 1. The second kappa shape index (κ2) is 7.03. The molecule has 24 heavy (non-hydrogen) atoms. The van der Waals surface area contributed by atoms with Crippen molar-refractivity contribution >= 4 is 17.5 Å². The summed E-state index contributed by atoms with van der Waals surface area (Å²) in [6.07, 6.45) is 3.91. The number of rotatable bonds is 5. The van der Waals surface area contributed by atoms with Crippen molar-refractivity contribution in [2.24, 2.45) is 0 Å². The van der Waals surface area contributed by atoms with E-state index in [0.717, 1.165) is 25.9 Å². The van der Waals surface area contributed by atoms with Crippen LogP contribution in [0.5, 0.6) is 0 Å². The molecule has 1 aromatic heterocycles. The van der Waals surface area contributed by atoms with Gasteiger partial charge < -0.3 is 10.2 Å². The lowest BCUT2D eigenvalue weighted by Crippen LogP contribution is -2.25. The first kappa shape index (κ1) is 15.9. The van der Waals surface area contributed by atoms with Crippen molar-refractivity contribution in [2.45, 2.75) is 19.4 Å². The SMILES string of the molecule is O=C(NCc1ccnc(N2CCCC2)n1)c1ccccc1[N+](=O)[O-]. The molecule has 3 rings (SSSR count). The van der Waals surface area contributed by atoms with Crippen molar-refractivity contribution in [3.8, 4) is 0 Å². The lowest BCUT2D eigenvalue weighted by molar-refractivity contribution is -0.385. The van der Waals surface area contributed by atoms with E-state index in [2.05, 4.69) is 20.2 Å². The number of nitro benzene ring substituents is 1. The maximum Gasteiger partial charge on any atom is 0.282 e. The molecule has 124 valence electrons. The lowest BCUT2D eigenvalue weighted by atomic mass is 10.1. The van der Waals surface area contributed by atoms with Gasteiger partial charge in [0.25, 0.3) is 11.6 Å². The van der Waals surface area contributed by atoms with Gasteiger partial charge in [0.2, 0.25) is 5.95 Å². The second-order valence-electron chi connectivity index (χ2n) is 5.50. The predicted octanol–water partition coefficient (Wildman–Crippen LogP) is 1.91. The molecule has 0 bridgehead atoms. The maximum atomic E-state index is 12.2. The molecule has 1 amide bonds. The Labute approximate surface area is 138 Å². The highest BCUT2D eigenvalue weighted by molar-refractivity contribution is 5.98. The lowest BCUT2D eigenvalue weighted by Gasteiger charge is -2.15. The fraction of sp³-hybridized carbons (Fsp3) is 0.312. The molecule has 0 atom stereocenters. The van der Waals surface area contributed by atoms with Crippen molar-refractivity contribution in [3.63, 3.8) is 0 Å². The molecule has 1 N–H and O–H groups in total. The number of hydrogen-bond donors (Lipinski definition) is 1. The molecule has 0 spiro atoms. The third-order valence-corrected chi connectivity index (χ3v) is 3.86. The van der Waals surface area contributed by atoms with E-state index >= 15 is 0 Å². The Morgan fingerprint density at radius 3 is 2.75 bits per heavy atom. The topological polar surface area (TPSA) is 101 Å². The van der Waals surface area contributed by atoms with E-state index in [1.807, 2.05) is 0 Å². The van der Waals surface area contributed by atoms with E-state index in [9.17, 15) is 14.9 Å². The average molecular weight is 327 g/mol. The van der Waals surface area contributed by atoms with Crippen LogP contribution in [-0.2, 0) is 6.54 Å². The fourth-order valence-corrected chi connectivity index (χ4v) is 2.64. The zero-order valence-electron chi connectivity index (χ0n) is 13.0. The summed E-state index contributed by atoms with van der Waals surface area (Å²) in [5.74, 6) is 0.161. The van der Waals surface area contributed by atoms with Gasteiger partial charge in [0, 0.05) is 25.4 Å². The van der Waals surface area contributed by atoms with Crippen LogP contribution in [0.2, 0.25) is 0 Å². The van der Waals surface area contributed by atoms with Crippen LogP contribution in [0.3, 0.4) is 0 Å². The van der Waals surface area contributed by atoms with E-state index in [1.165, 1.54) is 18.2 Å². The minimum absolute atomic E-state index is 0.0383. The molecule has 0 saturated carbocycles. The maximum absolute atomic E-state index is 12.2. The molecule has 1 aromatic carbocycles. The molecular weight excluding hydrogens is 310 g/mol. The number of nitrogens with one attached hydrogen (secondary N) is 1. The van der Waals surface area contributed by atoms with Crippen LogP contribution in [0.4, 0.5) is 11.6 Å². The summed E-state index contributed by atoms with van der Waals surface area (Å²) in [4.78, 5) is 33.4. The summed E-state index contributed by atoms with van der Waals surface area (Å²) >= 11 is 0. The van der Waals surface area contributed by atoms with E-state index in [0.29, 0.717) is 11.6 Å². The fourth-order valence-electron chi connectivity index (χ4n) is 2.64. The Hall–Kier alpha value is -3.03. The number of hydrogen-bond acceptors (Lipinski definition) is 6. The number of nitrogens with zero attached hydrogens (tertiary/aromatic N) is 4. The quantitative estimate of drug-likeness (QED) is 0.665. The highest BCUT2D eigenvalue weighted by Crippen LogP contribution is 2.18. The van der Waals surface area contributed by atoms with Gasteiger partial charge in [0.15, 0.2) is 0 Å². The molecule has 1 aliphatic rings. The number of benzene rings is 1. The second-order valence-corrected chi connectivity index (χ2v) is 5.50. The predicted molar refractivity (Wildman–Crippen MR) is 87.7 cm³/mol. The summed E-state index contributed by atoms with van der Waals surface area (Å²) in [5, 5.41) is 13.7. The van der Waals surface area contributed by atoms with Gasteiger partial charge in [0.1, 0.15) is 5.56 Å². The van der Waals surface area contributed by atoms with Crippen LogP contribution in [0.15, 0.2) is 36.5 Å². The van der Waals surface area contributed by atoms with Gasteiger partial charge in [-0.3, -0.25) is 14.9 Å². The number of aromatic nitrogens is 2. The van der Waals surface area contributed by atoms with E-state index in [-0.39, 0.29) is 17.8 Å². The number of carbonyl (C=O) groups excluding carboxylic acids is 1. The molecule has 1 aliphatic heterocycles. The summed E-state index contributed by atoms with van der Waals surface area (Å²) < 4.78 is 0. The van der Waals surface area contributed by atoms with Crippen molar-refractivity contribution < 1.29 is 9.72 Å². The molecule has 8 heteroatoms. The Bertz CT molecular complexity index is 759. The van der Waals surface area contributed by atoms with Crippen LogP contribution in [0.25, 0.3) is 0 Å². The highest BCUT2D eigenvalue weighted by Gasteiger charge is 2.19. The minimum atomic E-state index is -0.564. The van der Waals surface area contributed by atoms with Crippen molar-refractivity contribution in [1.82, 2.24) is 15.3 Å². The number of amides is 1. The van der Waals surface area contributed by atoms with E-state index in [1.54, 1.807) is 18.3 Å². The Morgan fingerprint density at radius 2 is 2.00 bits per heavy atom. The minimum Gasteiger partial charge on any atom is -0.346 e. The molecule has 8 nitrogen and oxygen atoms in total. The average Bonchev–Trinajstić information content (AvgIpc) is 3.14. The van der Waals surface area contributed by atoms with Gasteiger partial charge in [-0.25, -0.2) is 9.97 Å². The zero-order chi connectivity index (χ0) is 16.9. The Kier molecular flexibility index (Phi) is 4.64. The Balaban J connectivity index is 1.68. The van der Waals surface area contributed by atoms with Crippen LogP contribution < -0.4 is 10.2 Å². The largest absolute Gasteiger partial charge is 0.346 e. The molecule has 0 radical (unpaired) electrons. The third kappa shape index (κ3) is 3.48. The monoisotopic (exact) mass is 327 g/mol. The summed E-state index contributed by atoms with van der Waals surface area (Å²) in [6, 6.07) is 7.59.